The van der Waals surface area contributed by atoms with Gasteiger partial charge in [-0.25, -0.2) is 8.42 Å². The number of rotatable bonds is 3. The Morgan fingerprint density at radius 3 is 2.44 bits per heavy atom. The lowest BCUT2D eigenvalue weighted by atomic mass is 10.1. The van der Waals surface area contributed by atoms with E-state index in [1.54, 1.807) is 12.1 Å². The summed E-state index contributed by atoms with van der Waals surface area (Å²) in [5.41, 5.74) is 3.14. The zero-order chi connectivity index (χ0) is 17.4. The minimum Gasteiger partial charge on any atom is -0.459 e. The Balaban J connectivity index is 1.63. The molecule has 0 saturated carbocycles. The number of hydrogen-bond acceptors (Lipinski definition) is 3. The van der Waals surface area contributed by atoms with Crippen molar-refractivity contribution in [3.63, 3.8) is 0 Å². The fourth-order valence-electron chi connectivity index (χ4n) is 3.11. The molecule has 25 heavy (non-hydrogen) atoms. The smallest absolute Gasteiger partial charge is 0.243 e. The minimum atomic E-state index is -3.50. The Kier molecular flexibility index (Phi) is 3.98. The highest BCUT2D eigenvalue weighted by molar-refractivity contribution is 7.89. The largest absolute Gasteiger partial charge is 0.459 e. The molecule has 0 unspecified atom stereocenters. The van der Waals surface area contributed by atoms with Crippen LogP contribution in [0, 0.1) is 6.92 Å². The summed E-state index contributed by atoms with van der Waals surface area (Å²) < 4.78 is 33.2. The third-order valence-corrected chi connectivity index (χ3v) is 6.42. The van der Waals surface area contributed by atoms with E-state index < -0.39 is 10.0 Å². The lowest BCUT2D eigenvalue weighted by Crippen LogP contribution is -2.35. The third-order valence-electron chi connectivity index (χ3n) is 4.56. The molecule has 0 radical (unpaired) electrons. The molecular formula is C20H19NO3S. The quantitative estimate of drug-likeness (QED) is 0.715. The average molecular weight is 353 g/mol. The maximum atomic E-state index is 12.9. The SMILES string of the molecule is Cc1ccc(S(=O)(=O)N2CCc3cc(-c4ccccc4)oc3C2)cc1. The number of aryl methyl sites for hydroxylation is 1. The molecule has 0 bridgehead atoms. The summed E-state index contributed by atoms with van der Waals surface area (Å²) in [6.45, 7) is 2.69. The van der Waals surface area contributed by atoms with Crippen LogP contribution >= 0.6 is 0 Å². The van der Waals surface area contributed by atoms with Crippen molar-refractivity contribution in [2.24, 2.45) is 0 Å². The Morgan fingerprint density at radius 1 is 1.00 bits per heavy atom. The van der Waals surface area contributed by atoms with E-state index >= 15 is 0 Å². The van der Waals surface area contributed by atoms with Crippen molar-refractivity contribution in [2.75, 3.05) is 6.54 Å². The zero-order valence-electron chi connectivity index (χ0n) is 14.0. The number of fused-ring (bicyclic) bond motifs is 1. The predicted octanol–water partition coefficient (Wildman–Crippen LogP) is 4.00. The molecule has 1 aliphatic heterocycles. The Bertz CT molecular complexity index is 989. The lowest BCUT2D eigenvalue weighted by molar-refractivity contribution is 0.346. The van der Waals surface area contributed by atoms with E-state index in [0.717, 1.165) is 28.2 Å². The molecule has 5 heteroatoms. The predicted molar refractivity (Wildman–Crippen MR) is 96.6 cm³/mol. The summed E-state index contributed by atoms with van der Waals surface area (Å²) in [7, 11) is -3.50. The first-order valence-electron chi connectivity index (χ1n) is 8.28. The second kappa shape index (κ2) is 6.17. The third kappa shape index (κ3) is 3.01. The highest BCUT2D eigenvalue weighted by atomic mass is 32.2. The molecule has 128 valence electrons. The number of nitrogens with zero attached hydrogens (tertiary/aromatic N) is 1. The highest BCUT2D eigenvalue weighted by Gasteiger charge is 2.30. The van der Waals surface area contributed by atoms with E-state index in [0.29, 0.717) is 17.9 Å². The normalized spacial score (nSPS) is 15.1. The van der Waals surface area contributed by atoms with Crippen LogP contribution in [0.1, 0.15) is 16.9 Å². The molecule has 2 aromatic carbocycles. The van der Waals surface area contributed by atoms with Crippen LogP contribution in [0.5, 0.6) is 0 Å². The van der Waals surface area contributed by atoms with Crippen LogP contribution in [-0.2, 0) is 23.0 Å². The molecule has 0 atom stereocenters. The minimum absolute atomic E-state index is 0.276. The highest BCUT2D eigenvalue weighted by Crippen LogP contribution is 2.31. The van der Waals surface area contributed by atoms with Crippen molar-refractivity contribution in [3.8, 4) is 11.3 Å². The lowest BCUT2D eigenvalue weighted by Gasteiger charge is -2.25. The van der Waals surface area contributed by atoms with Crippen LogP contribution in [0.3, 0.4) is 0 Å². The van der Waals surface area contributed by atoms with Gasteiger partial charge in [0, 0.05) is 12.1 Å². The van der Waals surface area contributed by atoms with E-state index in [2.05, 4.69) is 0 Å². The number of furan rings is 1. The summed E-state index contributed by atoms with van der Waals surface area (Å²) >= 11 is 0. The van der Waals surface area contributed by atoms with E-state index in [1.165, 1.54) is 4.31 Å². The van der Waals surface area contributed by atoms with Crippen molar-refractivity contribution in [3.05, 3.63) is 77.6 Å². The molecule has 0 fully saturated rings. The van der Waals surface area contributed by atoms with Gasteiger partial charge in [0.2, 0.25) is 10.0 Å². The van der Waals surface area contributed by atoms with Gasteiger partial charge in [0.15, 0.2) is 0 Å². The summed E-state index contributed by atoms with van der Waals surface area (Å²) in [5.74, 6) is 1.53. The fourth-order valence-corrected chi connectivity index (χ4v) is 4.50. The van der Waals surface area contributed by atoms with E-state index in [9.17, 15) is 8.42 Å². The van der Waals surface area contributed by atoms with E-state index in [1.807, 2.05) is 55.5 Å². The molecule has 0 aliphatic carbocycles. The van der Waals surface area contributed by atoms with Gasteiger partial charge in [-0.1, -0.05) is 48.0 Å². The molecule has 4 nitrogen and oxygen atoms in total. The first-order chi connectivity index (χ1) is 12.0. The second-order valence-electron chi connectivity index (χ2n) is 6.33. The summed E-state index contributed by atoms with van der Waals surface area (Å²) in [5, 5.41) is 0. The molecule has 0 spiro atoms. The number of hydrogen-bond donors (Lipinski definition) is 0. The van der Waals surface area contributed by atoms with Crippen molar-refractivity contribution in [1.82, 2.24) is 4.31 Å². The molecule has 0 saturated heterocycles. The van der Waals surface area contributed by atoms with Crippen molar-refractivity contribution in [2.45, 2.75) is 24.8 Å². The van der Waals surface area contributed by atoms with Crippen molar-refractivity contribution < 1.29 is 12.8 Å². The number of benzene rings is 2. The first kappa shape index (κ1) is 16.1. The summed E-state index contributed by atoms with van der Waals surface area (Å²) in [6, 6.07) is 18.9. The molecule has 0 amide bonds. The van der Waals surface area contributed by atoms with Crippen LogP contribution in [0.25, 0.3) is 11.3 Å². The summed E-state index contributed by atoms with van der Waals surface area (Å²) in [6.07, 6.45) is 0.663. The van der Waals surface area contributed by atoms with Crippen LogP contribution in [0.15, 0.2) is 70.0 Å². The van der Waals surface area contributed by atoms with Gasteiger partial charge in [-0.05, 0) is 37.1 Å². The molecule has 3 aromatic rings. The molecule has 2 heterocycles. The van der Waals surface area contributed by atoms with Crippen LogP contribution in [0.4, 0.5) is 0 Å². The van der Waals surface area contributed by atoms with Crippen molar-refractivity contribution >= 4 is 10.0 Å². The second-order valence-corrected chi connectivity index (χ2v) is 8.26. The van der Waals surface area contributed by atoms with Crippen LogP contribution in [-0.4, -0.2) is 19.3 Å². The molecule has 1 aliphatic rings. The van der Waals surface area contributed by atoms with Gasteiger partial charge in [0.05, 0.1) is 11.4 Å². The fraction of sp³-hybridized carbons (Fsp3) is 0.200. The molecule has 0 N–H and O–H groups in total. The topological polar surface area (TPSA) is 50.5 Å². The maximum absolute atomic E-state index is 12.9. The Hall–Kier alpha value is -2.37. The van der Waals surface area contributed by atoms with Gasteiger partial charge in [-0.2, -0.15) is 4.31 Å². The number of sulfonamides is 1. The van der Waals surface area contributed by atoms with Gasteiger partial charge >= 0.3 is 0 Å². The molecular weight excluding hydrogens is 334 g/mol. The van der Waals surface area contributed by atoms with Crippen LogP contribution in [0.2, 0.25) is 0 Å². The summed E-state index contributed by atoms with van der Waals surface area (Å²) in [4.78, 5) is 0.330. The van der Waals surface area contributed by atoms with E-state index in [4.69, 9.17) is 4.42 Å². The molecule has 4 rings (SSSR count). The molecule has 1 aromatic heterocycles. The Morgan fingerprint density at radius 2 is 1.72 bits per heavy atom. The van der Waals surface area contributed by atoms with Gasteiger partial charge < -0.3 is 4.42 Å². The van der Waals surface area contributed by atoms with Gasteiger partial charge in [-0.15, -0.1) is 0 Å². The van der Waals surface area contributed by atoms with Crippen LogP contribution < -0.4 is 0 Å². The standard InChI is InChI=1S/C20H19NO3S/c1-15-7-9-18(10-8-15)25(22,23)21-12-11-17-13-19(24-20(17)14-21)16-5-3-2-4-6-16/h2-10,13H,11-12,14H2,1H3. The monoisotopic (exact) mass is 353 g/mol. The van der Waals surface area contributed by atoms with Gasteiger partial charge in [0.25, 0.3) is 0 Å². The Labute approximate surface area is 147 Å². The first-order valence-corrected chi connectivity index (χ1v) is 9.72. The van der Waals surface area contributed by atoms with Gasteiger partial charge in [-0.3, -0.25) is 0 Å². The van der Waals surface area contributed by atoms with E-state index in [-0.39, 0.29) is 6.54 Å². The average Bonchev–Trinajstić information content (AvgIpc) is 3.06. The van der Waals surface area contributed by atoms with Crippen molar-refractivity contribution in [1.29, 1.82) is 0 Å². The zero-order valence-corrected chi connectivity index (χ0v) is 14.8. The van der Waals surface area contributed by atoms with Gasteiger partial charge in [0.1, 0.15) is 11.5 Å². The maximum Gasteiger partial charge on any atom is 0.243 e.